The second-order valence-electron chi connectivity index (χ2n) is 8.65. The molecule has 0 aliphatic heterocycles. The van der Waals surface area contributed by atoms with E-state index in [1.165, 1.54) is 31.2 Å². The number of Topliss-reactive ketones (excluding diaryl/α,β-unsaturated/α-hetero) is 1. The molecule has 1 atom stereocenters. The molecule has 0 heterocycles. The summed E-state index contributed by atoms with van der Waals surface area (Å²) in [5.41, 5.74) is -13.4. The quantitative estimate of drug-likeness (QED) is 0.212. The zero-order valence-electron chi connectivity index (χ0n) is 20.2. The van der Waals surface area contributed by atoms with Gasteiger partial charge < -0.3 is 5.32 Å². The van der Waals surface area contributed by atoms with Gasteiger partial charge in [0.2, 0.25) is 0 Å². The fraction of sp³-hybridized carbons (Fsp3) is 0.231. The molecule has 0 fully saturated rings. The molecule has 0 saturated carbocycles. The normalized spacial score (nSPS) is 13.6. The second kappa shape index (κ2) is 11.1. The molecule has 3 aromatic rings. The van der Waals surface area contributed by atoms with Crippen LogP contribution < -0.4 is 5.32 Å². The number of hydrogen-bond acceptors (Lipinski definition) is 2. The van der Waals surface area contributed by atoms with Crippen molar-refractivity contribution in [2.45, 2.75) is 37.0 Å². The van der Waals surface area contributed by atoms with Crippen LogP contribution in [0.15, 0.2) is 65.1 Å². The van der Waals surface area contributed by atoms with Gasteiger partial charge in [-0.05, 0) is 39.7 Å². The molecular weight excluding hydrogens is 647 g/mol. The van der Waals surface area contributed by atoms with Crippen LogP contribution in [-0.4, -0.2) is 24.0 Å². The molecule has 3 rings (SSSR count). The largest absolute Gasteiger partial charge is 0.435 e. The van der Waals surface area contributed by atoms with Crippen molar-refractivity contribution >= 4 is 33.3 Å². The standard InChI is InChI=1S/C26H15BrF11NO2/c1-12(21(40)13-6-3-2-4-7-13)15-8-5-9-16(19(15)28)22(41)39-20-17(24(30,31)32)10-14(11-18(20)27)23(29,25(33,34)35)26(36,37)38/h2-12H,1H3,(H,39,41). The first-order chi connectivity index (χ1) is 18.7. The van der Waals surface area contributed by atoms with Gasteiger partial charge in [-0.15, -0.1) is 0 Å². The fourth-order valence-electron chi connectivity index (χ4n) is 3.88. The second-order valence-corrected chi connectivity index (χ2v) is 9.50. The van der Waals surface area contributed by atoms with E-state index < -0.39 is 80.5 Å². The number of benzene rings is 3. The van der Waals surface area contributed by atoms with Crippen molar-refractivity contribution in [1.82, 2.24) is 0 Å². The number of ketones is 1. The first-order valence-corrected chi connectivity index (χ1v) is 11.9. The van der Waals surface area contributed by atoms with Gasteiger partial charge in [-0.3, -0.25) is 9.59 Å². The van der Waals surface area contributed by atoms with Crippen molar-refractivity contribution in [2.75, 3.05) is 5.32 Å². The van der Waals surface area contributed by atoms with Gasteiger partial charge in [0.1, 0.15) is 5.82 Å². The summed E-state index contributed by atoms with van der Waals surface area (Å²) in [6.45, 7) is 1.30. The highest BCUT2D eigenvalue weighted by Crippen LogP contribution is 2.55. The number of anilines is 1. The van der Waals surface area contributed by atoms with Crippen molar-refractivity contribution in [1.29, 1.82) is 0 Å². The summed E-state index contributed by atoms with van der Waals surface area (Å²) in [5.74, 6) is -4.66. The van der Waals surface area contributed by atoms with Crippen LogP contribution in [-0.2, 0) is 11.8 Å². The summed E-state index contributed by atoms with van der Waals surface area (Å²) in [7, 11) is 0. The van der Waals surface area contributed by atoms with Crippen molar-refractivity contribution in [3.05, 3.63) is 98.8 Å². The number of carbonyl (C=O) groups is 2. The van der Waals surface area contributed by atoms with Gasteiger partial charge in [0.05, 0.1) is 16.8 Å². The highest BCUT2D eigenvalue weighted by Gasteiger charge is 2.73. The Morgan fingerprint density at radius 3 is 1.88 bits per heavy atom. The van der Waals surface area contributed by atoms with Crippen molar-refractivity contribution in [3.8, 4) is 0 Å². The average molecular weight is 662 g/mol. The van der Waals surface area contributed by atoms with Gasteiger partial charge in [-0.25, -0.2) is 8.78 Å². The lowest BCUT2D eigenvalue weighted by Crippen LogP contribution is -2.50. The van der Waals surface area contributed by atoms with Crippen LogP contribution in [0.25, 0.3) is 0 Å². The Kier molecular flexibility index (Phi) is 8.64. The van der Waals surface area contributed by atoms with Gasteiger partial charge in [-0.1, -0.05) is 49.4 Å². The average Bonchev–Trinajstić information content (AvgIpc) is 2.86. The maximum Gasteiger partial charge on any atom is 0.435 e. The third-order valence-corrected chi connectivity index (χ3v) is 6.63. The molecule has 0 spiro atoms. The number of alkyl halides is 10. The Hall–Kier alpha value is -3.49. The van der Waals surface area contributed by atoms with Gasteiger partial charge in [0, 0.05) is 21.5 Å². The van der Waals surface area contributed by atoms with E-state index in [4.69, 9.17) is 0 Å². The molecule has 15 heteroatoms. The first-order valence-electron chi connectivity index (χ1n) is 11.1. The topological polar surface area (TPSA) is 46.2 Å². The molecule has 3 aromatic carbocycles. The fourth-order valence-corrected chi connectivity index (χ4v) is 4.44. The Morgan fingerprint density at radius 1 is 0.805 bits per heavy atom. The zero-order valence-corrected chi connectivity index (χ0v) is 21.8. The molecule has 0 saturated heterocycles. The smallest absolute Gasteiger partial charge is 0.320 e. The van der Waals surface area contributed by atoms with E-state index in [1.54, 1.807) is 11.4 Å². The predicted molar refractivity (Wildman–Crippen MR) is 128 cm³/mol. The Morgan fingerprint density at radius 2 is 1.37 bits per heavy atom. The summed E-state index contributed by atoms with van der Waals surface area (Å²) in [6, 6.07) is 9.68. The minimum absolute atomic E-state index is 0.190. The Labute approximate surface area is 232 Å². The van der Waals surface area contributed by atoms with Crippen LogP contribution in [0, 0.1) is 5.82 Å². The Bertz CT molecular complexity index is 1450. The lowest BCUT2D eigenvalue weighted by Gasteiger charge is -2.31. The van der Waals surface area contributed by atoms with Crippen LogP contribution >= 0.6 is 15.9 Å². The molecular formula is C26H15BrF11NO2. The van der Waals surface area contributed by atoms with Crippen LogP contribution in [0.3, 0.4) is 0 Å². The van der Waals surface area contributed by atoms with Gasteiger partial charge in [-0.2, -0.15) is 39.5 Å². The monoisotopic (exact) mass is 661 g/mol. The van der Waals surface area contributed by atoms with Crippen LogP contribution in [0.1, 0.15) is 50.2 Å². The maximum absolute atomic E-state index is 15.3. The number of nitrogens with one attached hydrogen (secondary N) is 1. The van der Waals surface area contributed by atoms with Gasteiger partial charge >= 0.3 is 24.2 Å². The molecule has 1 N–H and O–H groups in total. The highest BCUT2D eigenvalue weighted by atomic mass is 79.9. The van der Waals surface area contributed by atoms with Crippen LogP contribution in [0.2, 0.25) is 0 Å². The van der Waals surface area contributed by atoms with E-state index in [1.807, 2.05) is 0 Å². The van der Waals surface area contributed by atoms with Crippen molar-refractivity contribution < 1.29 is 57.9 Å². The van der Waals surface area contributed by atoms with Crippen LogP contribution in [0.5, 0.6) is 0 Å². The van der Waals surface area contributed by atoms with E-state index in [0.29, 0.717) is 0 Å². The molecule has 0 radical (unpaired) electrons. The number of rotatable bonds is 6. The minimum atomic E-state index is -6.71. The van der Waals surface area contributed by atoms with Crippen LogP contribution in [0.4, 0.5) is 54.0 Å². The van der Waals surface area contributed by atoms with Crippen molar-refractivity contribution in [2.24, 2.45) is 0 Å². The molecule has 0 aliphatic rings. The molecule has 0 aromatic heterocycles. The van der Waals surface area contributed by atoms with Crippen molar-refractivity contribution in [3.63, 3.8) is 0 Å². The minimum Gasteiger partial charge on any atom is -0.320 e. The molecule has 3 nitrogen and oxygen atoms in total. The van der Waals surface area contributed by atoms with E-state index in [0.717, 1.165) is 18.2 Å². The van der Waals surface area contributed by atoms with Gasteiger partial charge in [0.15, 0.2) is 5.78 Å². The molecule has 0 aliphatic carbocycles. The summed E-state index contributed by atoms with van der Waals surface area (Å²) in [5, 5.41) is 1.61. The van der Waals surface area contributed by atoms with E-state index in [-0.39, 0.29) is 17.2 Å². The van der Waals surface area contributed by atoms with Gasteiger partial charge in [0.25, 0.3) is 5.91 Å². The summed E-state index contributed by atoms with van der Waals surface area (Å²) < 4.78 is 149. The first kappa shape index (κ1) is 32.0. The molecule has 220 valence electrons. The van der Waals surface area contributed by atoms with E-state index in [2.05, 4.69) is 15.9 Å². The lowest BCUT2D eigenvalue weighted by molar-refractivity contribution is -0.348. The number of hydrogen-bond donors (Lipinski definition) is 1. The summed E-state index contributed by atoms with van der Waals surface area (Å²) in [4.78, 5) is 25.6. The summed E-state index contributed by atoms with van der Waals surface area (Å²) >= 11 is 2.36. The molecule has 1 amide bonds. The third-order valence-electron chi connectivity index (χ3n) is 6.00. The number of halogens is 12. The molecule has 1 unspecified atom stereocenters. The maximum atomic E-state index is 15.3. The Balaban J connectivity index is 2.08. The number of carbonyl (C=O) groups excluding carboxylic acids is 2. The zero-order chi connectivity index (χ0) is 31.1. The number of amides is 1. The molecule has 0 bridgehead atoms. The van der Waals surface area contributed by atoms with E-state index in [9.17, 15) is 53.5 Å². The van der Waals surface area contributed by atoms with E-state index >= 15 is 4.39 Å². The highest BCUT2D eigenvalue weighted by molar-refractivity contribution is 9.10. The lowest BCUT2D eigenvalue weighted by atomic mass is 9.90. The molecule has 41 heavy (non-hydrogen) atoms. The predicted octanol–water partition coefficient (Wildman–Crippen LogP) is 9.14. The third kappa shape index (κ3) is 6.09. The SMILES string of the molecule is CC(C(=O)c1ccccc1)c1cccc(C(=O)Nc2c(Br)cc(C(F)(C(F)(F)F)C(F)(F)F)cc2C(F)(F)F)c1F. The summed E-state index contributed by atoms with van der Waals surface area (Å²) in [6.07, 6.45) is -19.1.